The minimum Gasteiger partial charge on any atom is -0.378 e. The lowest BCUT2D eigenvalue weighted by molar-refractivity contribution is -0.121. The Hall–Kier alpha value is 0.160. The molecule has 1 rings (SSSR count). The molecule has 0 aliphatic carbocycles. The van der Waals surface area contributed by atoms with E-state index in [0.717, 1.165) is 38.8 Å². The van der Waals surface area contributed by atoms with Gasteiger partial charge in [0.25, 0.3) is 0 Å². The Morgan fingerprint density at radius 1 is 1.47 bits per heavy atom. The average molecular weight is 325 g/mol. The van der Waals surface area contributed by atoms with Gasteiger partial charge in [-0.05, 0) is 36.5 Å². The van der Waals surface area contributed by atoms with Gasteiger partial charge in [0.05, 0.1) is 6.10 Å². The maximum Gasteiger partial charge on any atom is 0.220 e. The van der Waals surface area contributed by atoms with Crippen molar-refractivity contribution < 1.29 is 9.53 Å². The van der Waals surface area contributed by atoms with E-state index in [4.69, 9.17) is 4.74 Å². The van der Waals surface area contributed by atoms with Gasteiger partial charge in [0.15, 0.2) is 0 Å². The summed E-state index contributed by atoms with van der Waals surface area (Å²) in [5.41, 5.74) is 0. The van der Waals surface area contributed by atoms with Crippen molar-refractivity contribution in [3.05, 3.63) is 0 Å². The Balaban J connectivity index is 1.93. The van der Waals surface area contributed by atoms with E-state index in [0.29, 0.717) is 12.5 Å². The maximum atomic E-state index is 11.4. The first-order valence-corrected chi connectivity index (χ1v) is 7.29. The first kappa shape index (κ1) is 13.2. The highest BCUT2D eigenvalue weighted by atomic mass is 127. The molecule has 15 heavy (non-hydrogen) atoms. The maximum absolute atomic E-state index is 11.4. The van der Waals surface area contributed by atoms with E-state index in [1.807, 2.05) is 0 Å². The minimum absolute atomic E-state index is 0.180. The van der Waals surface area contributed by atoms with Crippen LogP contribution < -0.4 is 5.32 Å². The summed E-state index contributed by atoms with van der Waals surface area (Å²) in [5, 5.41) is 2.94. The molecule has 0 bridgehead atoms. The third-order valence-electron chi connectivity index (χ3n) is 2.60. The van der Waals surface area contributed by atoms with E-state index in [1.54, 1.807) is 0 Å². The molecule has 0 aromatic heterocycles. The van der Waals surface area contributed by atoms with Crippen LogP contribution in [-0.4, -0.2) is 29.6 Å². The van der Waals surface area contributed by atoms with Crippen LogP contribution in [0.4, 0.5) is 0 Å². The Labute approximate surface area is 105 Å². The van der Waals surface area contributed by atoms with E-state index in [2.05, 4.69) is 27.9 Å². The van der Waals surface area contributed by atoms with Gasteiger partial charge in [-0.3, -0.25) is 4.79 Å². The van der Waals surface area contributed by atoms with Crippen molar-refractivity contribution in [1.29, 1.82) is 0 Å². The second-order valence-electron chi connectivity index (χ2n) is 3.92. The molecule has 1 N–H and O–H groups in total. The molecule has 4 heteroatoms. The van der Waals surface area contributed by atoms with E-state index in [-0.39, 0.29) is 5.91 Å². The van der Waals surface area contributed by atoms with Gasteiger partial charge >= 0.3 is 0 Å². The number of rotatable bonds is 7. The first-order valence-electron chi connectivity index (χ1n) is 5.77. The molecule has 1 unspecified atom stereocenters. The predicted octanol–water partition coefficient (Wildman–Crippen LogP) is 2.28. The molecule has 1 aliphatic rings. The first-order chi connectivity index (χ1) is 7.33. The molecular weight excluding hydrogens is 305 g/mol. The van der Waals surface area contributed by atoms with Crippen molar-refractivity contribution in [3.63, 3.8) is 0 Å². The Kier molecular flexibility index (Phi) is 7.34. The van der Waals surface area contributed by atoms with Crippen LogP contribution in [0.2, 0.25) is 0 Å². The third-order valence-corrected chi connectivity index (χ3v) is 3.36. The summed E-state index contributed by atoms with van der Waals surface area (Å²) >= 11 is 2.36. The fraction of sp³-hybridized carbons (Fsp3) is 0.909. The minimum atomic E-state index is 0.180. The van der Waals surface area contributed by atoms with Crippen LogP contribution in [0.5, 0.6) is 0 Å². The van der Waals surface area contributed by atoms with Gasteiger partial charge in [-0.15, -0.1) is 0 Å². The lowest BCUT2D eigenvalue weighted by Gasteiger charge is -2.09. The van der Waals surface area contributed by atoms with Crippen LogP contribution in [0, 0.1) is 0 Å². The van der Waals surface area contributed by atoms with Gasteiger partial charge in [0.1, 0.15) is 0 Å². The van der Waals surface area contributed by atoms with Crippen LogP contribution in [0.3, 0.4) is 0 Å². The normalized spacial score (nSPS) is 20.5. The standard InChI is InChI=1S/C11H20INO2/c12-7-1-2-8-13-11(14)6-5-10-4-3-9-15-10/h10H,1-9H2,(H,13,14). The predicted molar refractivity (Wildman–Crippen MR) is 69.3 cm³/mol. The molecule has 0 aromatic rings. The fourth-order valence-corrected chi connectivity index (χ4v) is 2.24. The van der Waals surface area contributed by atoms with Gasteiger partial charge < -0.3 is 10.1 Å². The summed E-state index contributed by atoms with van der Waals surface area (Å²) in [6.07, 6.45) is 6.41. The second kappa shape index (κ2) is 8.33. The third kappa shape index (κ3) is 6.35. The number of ether oxygens (including phenoxy) is 1. The van der Waals surface area contributed by atoms with E-state index in [1.165, 1.54) is 10.8 Å². The molecule has 0 saturated carbocycles. The Morgan fingerprint density at radius 2 is 2.33 bits per heavy atom. The highest BCUT2D eigenvalue weighted by Crippen LogP contribution is 2.16. The van der Waals surface area contributed by atoms with Crippen LogP contribution in [0.1, 0.15) is 38.5 Å². The summed E-state index contributed by atoms with van der Waals surface area (Å²) in [6.45, 7) is 1.70. The number of carbonyl (C=O) groups excluding carboxylic acids is 1. The fourth-order valence-electron chi connectivity index (χ4n) is 1.70. The van der Waals surface area contributed by atoms with Crippen molar-refractivity contribution in [2.75, 3.05) is 17.6 Å². The number of halogens is 1. The van der Waals surface area contributed by atoms with Crippen LogP contribution in [0.15, 0.2) is 0 Å². The van der Waals surface area contributed by atoms with Crippen molar-refractivity contribution in [2.45, 2.75) is 44.6 Å². The second-order valence-corrected chi connectivity index (χ2v) is 5.00. The Morgan fingerprint density at radius 3 is 3.00 bits per heavy atom. The van der Waals surface area contributed by atoms with Crippen molar-refractivity contribution in [2.24, 2.45) is 0 Å². The number of amides is 1. The number of alkyl halides is 1. The molecule has 1 fully saturated rings. The number of hydrogen-bond donors (Lipinski definition) is 1. The highest BCUT2D eigenvalue weighted by molar-refractivity contribution is 14.1. The van der Waals surface area contributed by atoms with Gasteiger partial charge in [-0.2, -0.15) is 0 Å². The molecule has 0 aromatic carbocycles. The number of hydrogen-bond acceptors (Lipinski definition) is 2. The summed E-state index contributed by atoms with van der Waals surface area (Å²) < 4.78 is 6.64. The molecule has 88 valence electrons. The van der Waals surface area contributed by atoms with Gasteiger partial charge in [0, 0.05) is 19.6 Å². The Bertz CT molecular complexity index is 181. The van der Waals surface area contributed by atoms with E-state index in [9.17, 15) is 4.79 Å². The zero-order valence-corrected chi connectivity index (χ0v) is 11.3. The molecule has 0 radical (unpaired) electrons. The molecule has 0 spiro atoms. The topological polar surface area (TPSA) is 38.3 Å². The number of carbonyl (C=O) groups is 1. The lowest BCUT2D eigenvalue weighted by Crippen LogP contribution is -2.25. The van der Waals surface area contributed by atoms with Crippen LogP contribution >= 0.6 is 22.6 Å². The van der Waals surface area contributed by atoms with E-state index >= 15 is 0 Å². The van der Waals surface area contributed by atoms with Gasteiger partial charge in [-0.25, -0.2) is 0 Å². The monoisotopic (exact) mass is 325 g/mol. The molecule has 3 nitrogen and oxygen atoms in total. The number of unbranched alkanes of at least 4 members (excludes halogenated alkanes) is 1. The van der Waals surface area contributed by atoms with E-state index < -0.39 is 0 Å². The number of nitrogens with one attached hydrogen (secondary N) is 1. The zero-order chi connectivity index (χ0) is 10.9. The summed E-state index contributed by atoms with van der Waals surface area (Å²) in [7, 11) is 0. The van der Waals surface area contributed by atoms with Crippen LogP contribution in [-0.2, 0) is 9.53 Å². The smallest absolute Gasteiger partial charge is 0.220 e. The molecule has 1 atom stereocenters. The molecule has 1 heterocycles. The van der Waals surface area contributed by atoms with Crippen LogP contribution in [0.25, 0.3) is 0 Å². The van der Waals surface area contributed by atoms with Gasteiger partial charge in [-0.1, -0.05) is 22.6 Å². The lowest BCUT2D eigenvalue weighted by atomic mass is 10.1. The highest BCUT2D eigenvalue weighted by Gasteiger charge is 2.16. The van der Waals surface area contributed by atoms with Crippen molar-refractivity contribution in [3.8, 4) is 0 Å². The quantitative estimate of drug-likeness (QED) is 0.443. The zero-order valence-electron chi connectivity index (χ0n) is 9.14. The molecule has 1 aliphatic heterocycles. The van der Waals surface area contributed by atoms with Crippen molar-refractivity contribution in [1.82, 2.24) is 5.32 Å². The summed E-state index contributed by atoms with van der Waals surface area (Å²) in [6, 6.07) is 0. The van der Waals surface area contributed by atoms with Gasteiger partial charge in [0.2, 0.25) is 5.91 Å². The summed E-state index contributed by atoms with van der Waals surface area (Å²) in [5.74, 6) is 0.180. The molecular formula is C11H20INO2. The largest absolute Gasteiger partial charge is 0.378 e. The average Bonchev–Trinajstić information content (AvgIpc) is 2.74. The molecule has 1 saturated heterocycles. The van der Waals surface area contributed by atoms with Crippen molar-refractivity contribution >= 4 is 28.5 Å². The SMILES string of the molecule is O=C(CCC1CCCO1)NCCCCI. The summed E-state index contributed by atoms with van der Waals surface area (Å²) in [4.78, 5) is 11.4. The molecule has 1 amide bonds.